The minimum absolute atomic E-state index is 0.0254. The summed E-state index contributed by atoms with van der Waals surface area (Å²) >= 11 is 0. The van der Waals surface area contributed by atoms with Gasteiger partial charge in [0.05, 0.1) is 0 Å². The molecule has 0 bridgehead atoms. The molecule has 0 saturated carbocycles. The number of benzene rings is 2. The highest BCUT2D eigenvalue weighted by molar-refractivity contribution is 5.98. The monoisotopic (exact) mass is 299 g/mol. The molecule has 0 radical (unpaired) electrons. The first kappa shape index (κ1) is 15.6. The molecule has 1 atom stereocenters. The Balaban J connectivity index is 1.98. The summed E-state index contributed by atoms with van der Waals surface area (Å²) in [5.74, 6) is -1.36. The number of phenols is 1. The number of amides is 1. The van der Waals surface area contributed by atoms with Gasteiger partial charge < -0.3 is 15.2 Å². The molecule has 2 rings (SSSR count). The number of rotatable bonds is 4. The fourth-order valence-electron chi connectivity index (χ4n) is 1.80. The first-order valence-electron chi connectivity index (χ1n) is 6.84. The minimum Gasteiger partial charge on any atom is -0.507 e. The van der Waals surface area contributed by atoms with E-state index >= 15 is 0 Å². The minimum atomic E-state index is -0.978. The summed E-state index contributed by atoms with van der Waals surface area (Å²) in [5.41, 5.74) is 1.73. The lowest BCUT2D eigenvalue weighted by molar-refractivity contribution is -0.123. The summed E-state index contributed by atoms with van der Waals surface area (Å²) in [6.07, 6.45) is -0.978. The van der Waals surface area contributed by atoms with E-state index in [1.807, 2.05) is 19.1 Å². The van der Waals surface area contributed by atoms with E-state index in [1.165, 1.54) is 19.1 Å². The van der Waals surface area contributed by atoms with Crippen molar-refractivity contribution in [1.82, 2.24) is 0 Å². The van der Waals surface area contributed by atoms with Crippen LogP contribution in [0, 0.1) is 6.92 Å². The van der Waals surface area contributed by atoms with Crippen molar-refractivity contribution in [3.63, 3.8) is 0 Å². The van der Waals surface area contributed by atoms with Gasteiger partial charge in [-0.2, -0.15) is 0 Å². The number of carbonyl (C=O) groups is 2. The van der Waals surface area contributed by atoms with Crippen LogP contribution in [-0.4, -0.2) is 23.1 Å². The van der Waals surface area contributed by atoms with Gasteiger partial charge in [0.2, 0.25) is 0 Å². The van der Waals surface area contributed by atoms with Gasteiger partial charge >= 0.3 is 5.97 Å². The summed E-state index contributed by atoms with van der Waals surface area (Å²) in [7, 11) is 0. The van der Waals surface area contributed by atoms with Gasteiger partial charge in [-0.3, -0.25) is 4.79 Å². The zero-order chi connectivity index (χ0) is 16.1. The standard InChI is InChI=1S/C17H17NO4/c1-11-7-9-13(10-8-11)18-16(20)12(2)22-17(21)14-5-3-4-6-15(14)19/h3-10,12,19H,1-2H3,(H,18,20)/t12-/m1/s1. The molecule has 1 amide bonds. The third-order valence-corrected chi connectivity index (χ3v) is 3.10. The molecule has 0 spiro atoms. The highest BCUT2D eigenvalue weighted by atomic mass is 16.5. The van der Waals surface area contributed by atoms with E-state index in [1.54, 1.807) is 24.3 Å². The van der Waals surface area contributed by atoms with Crippen molar-refractivity contribution in [3.05, 3.63) is 59.7 Å². The molecule has 0 aliphatic carbocycles. The summed E-state index contributed by atoms with van der Waals surface area (Å²) in [4.78, 5) is 23.9. The quantitative estimate of drug-likeness (QED) is 0.851. The largest absolute Gasteiger partial charge is 0.507 e. The molecule has 22 heavy (non-hydrogen) atoms. The number of hydrogen-bond acceptors (Lipinski definition) is 4. The van der Waals surface area contributed by atoms with Crippen LogP contribution in [0.5, 0.6) is 5.75 Å². The number of anilines is 1. The van der Waals surface area contributed by atoms with Crippen molar-refractivity contribution in [2.24, 2.45) is 0 Å². The van der Waals surface area contributed by atoms with Gasteiger partial charge in [-0.15, -0.1) is 0 Å². The average molecular weight is 299 g/mol. The third-order valence-electron chi connectivity index (χ3n) is 3.10. The van der Waals surface area contributed by atoms with Gasteiger partial charge in [0.1, 0.15) is 11.3 Å². The van der Waals surface area contributed by atoms with Crippen LogP contribution in [0.25, 0.3) is 0 Å². The molecule has 2 N–H and O–H groups in total. The third kappa shape index (κ3) is 3.85. The number of para-hydroxylation sites is 1. The maximum absolute atomic E-state index is 12.0. The van der Waals surface area contributed by atoms with Crippen molar-refractivity contribution in [2.45, 2.75) is 20.0 Å². The van der Waals surface area contributed by atoms with Gasteiger partial charge in [-0.1, -0.05) is 29.8 Å². The summed E-state index contributed by atoms with van der Waals surface area (Å²) in [6.45, 7) is 3.42. The molecular weight excluding hydrogens is 282 g/mol. The van der Waals surface area contributed by atoms with E-state index in [9.17, 15) is 14.7 Å². The van der Waals surface area contributed by atoms with Gasteiger partial charge in [-0.05, 0) is 38.1 Å². The molecular formula is C17H17NO4. The van der Waals surface area contributed by atoms with E-state index in [4.69, 9.17) is 4.74 Å². The molecule has 0 aliphatic heterocycles. The molecule has 0 aromatic heterocycles. The van der Waals surface area contributed by atoms with E-state index in [0.29, 0.717) is 5.69 Å². The predicted octanol–water partition coefficient (Wildman–Crippen LogP) is 2.88. The molecule has 2 aromatic carbocycles. The second kappa shape index (κ2) is 6.76. The average Bonchev–Trinajstić information content (AvgIpc) is 2.49. The normalized spacial score (nSPS) is 11.5. The number of aromatic hydroxyl groups is 1. The molecule has 5 nitrogen and oxygen atoms in total. The SMILES string of the molecule is Cc1ccc(NC(=O)[C@@H](C)OC(=O)c2ccccc2O)cc1. The predicted molar refractivity (Wildman–Crippen MR) is 82.8 cm³/mol. The zero-order valence-electron chi connectivity index (χ0n) is 12.4. The van der Waals surface area contributed by atoms with E-state index < -0.39 is 18.0 Å². The molecule has 0 saturated heterocycles. The Kier molecular flexibility index (Phi) is 4.78. The van der Waals surface area contributed by atoms with Crippen LogP contribution in [0.2, 0.25) is 0 Å². The van der Waals surface area contributed by atoms with E-state index in [2.05, 4.69) is 5.32 Å². The van der Waals surface area contributed by atoms with Crippen LogP contribution >= 0.6 is 0 Å². The van der Waals surface area contributed by atoms with Gasteiger partial charge in [-0.25, -0.2) is 4.79 Å². The number of aryl methyl sites for hydroxylation is 1. The Hall–Kier alpha value is -2.82. The molecule has 0 aliphatic rings. The lowest BCUT2D eigenvalue weighted by atomic mass is 10.2. The number of esters is 1. The number of phenolic OH excluding ortho intramolecular Hbond substituents is 1. The molecule has 0 unspecified atom stereocenters. The summed E-state index contributed by atoms with van der Waals surface area (Å²) in [6, 6.07) is 13.3. The molecule has 5 heteroatoms. The van der Waals surface area contributed by atoms with E-state index in [-0.39, 0.29) is 11.3 Å². The van der Waals surface area contributed by atoms with Gasteiger partial charge in [0.15, 0.2) is 6.10 Å². The van der Waals surface area contributed by atoms with Crippen LogP contribution in [-0.2, 0) is 9.53 Å². The van der Waals surface area contributed by atoms with Crippen LogP contribution in [0.1, 0.15) is 22.8 Å². The number of carbonyl (C=O) groups excluding carboxylic acids is 2. The maximum atomic E-state index is 12.0. The highest BCUT2D eigenvalue weighted by Crippen LogP contribution is 2.17. The fourth-order valence-corrected chi connectivity index (χ4v) is 1.80. The lowest BCUT2D eigenvalue weighted by Gasteiger charge is -2.14. The van der Waals surface area contributed by atoms with Crippen LogP contribution in [0.3, 0.4) is 0 Å². The lowest BCUT2D eigenvalue weighted by Crippen LogP contribution is -2.30. The highest BCUT2D eigenvalue weighted by Gasteiger charge is 2.20. The fraction of sp³-hybridized carbons (Fsp3) is 0.176. The Morgan fingerprint density at radius 3 is 2.36 bits per heavy atom. The van der Waals surface area contributed by atoms with Gasteiger partial charge in [0.25, 0.3) is 5.91 Å². The van der Waals surface area contributed by atoms with Crippen LogP contribution < -0.4 is 5.32 Å². The number of nitrogens with one attached hydrogen (secondary N) is 1. The Bertz CT molecular complexity index is 679. The second-order valence-electron chi connectivity index (χ2n) is 4.92. The van der Waals surface area contributed by atoms with Crippen LogP contribution in [0.4, 0.5) is 5.69 Å². The van der Waals surface area contributed by atoms with Crippen molar-refractivity contribution < 1.29 is 19.4 Å². The van der Waals surface area contributed by atoms with Crippen molar-refractivity contribution in [1.29, 1.82) is 0 Å². The summed E-state index contributed by atoms with van der Waals surface area (Å²) in [5, 5.41) is 12.3. The second-order valence-corrected chi connectivity index (χ2v) is 4.92. The number of hydrogen-bond donors (Lipinski definition) is 2. The van der Waals surface area contributed by atoms with Crippen molar-refractivity contribution in [2.75, 3.05) is 5.32 Å². The number of ether oxygens (including phenoxy) is 1. The summed E-state index contributed by atoms with van der Waals surface area (Å²) < 4.78 is 5.06. The topological polar surface area (TPSA) is 75.6 Å². The van der Waals surface area contributed by atoms with Gasteiger partial charge in [0, 0.05) is 5.69 Å². The molecule has 114 valence electrons. The first-order valence-corrected chi connectivity index (χ1v) is 6.84. The van der Waals surface area contributed by atoms with Crippen LogP contribution in [0.15, 0.2) is 48.5 Å². The van der Waals surface area contributed by atoms with Crippen molar-refractivity contribution >= 4 is 17.6 Å². The molecule has 0 heterocycles. The molecule has 2 aromatic rings. The molecule has 0 fully saturated rings. The smallest absolute Gasteiger partial charge is 0.342 e. The maximum Gasteiger partial charge on any atom is 0.342 e. The Labute approximate surface area is 128 Å². The van der Waals surface area contributed by atoms with E-state index in [0.717, 1.165) is 5.56 Å². The first-order chi connectivity index (χ1) is 10.5. The zero-order valence-corrected chi connectivity index (χ0v) is 12.4. The Morgan fingerprint density at radius 1 is 1.09 bits per heavy atom. The Morgan fingerprint density at radius 2 is 1.73 bits per heavy atom. The van der Waals surface area contributed by atoms with Crippen molar-refractivity contribution in [3.8, 4) is 5.75 Å².